The van der Waals surface area contributed by atoms with Crippen molar-refractivity contribution in [2.75, 3.05) is 0 Å². The summed E-state index contributed by atoms with van der Waals surface area (Å²) in [5.74, 6) is 0.402. The first-order valence-corrected chi connectivity index (χ1v) is 4.80. The number of rotatable bonds is 0. The van der Waals surface area contributed by atoms with Crippen LogP contribution in [0.15, 0.2) is 36.4 Å². The maximum absolute atomic E-state index is 6.14. The summed E-state index contributed by atoms with van der Waals surface area (Å²) in [6.45, 7) is 2.16. The van der Waals surface area contributed by atoms with Crippen LogP contribution in [0.4, 0.5) is 0 Å². The van der Waals surface area contributed by atoms with Crippen molar-refractivity contribution in [3.63, 3.8) is 0 Å². The molecule has 1 aliphatic rings. The molecule has 0 fully saturated rings. The average molecular weight is 191 g/mol. The fourth-order valence-corrected chi connectivity index (χ4v) is 2.02. The molecule has 1 aromatic carbocycles. The Morgan fingerprint density at radius 1 is 1.23 bits per heavy atom. The molecule has 0 amide bonds. The summed E-state index contributed by atoms with van der Waals surface area (Å²) >= 11 is 6.14. The summed E-state index contributed by atoms with van der Waals surface area (Å²) in [5, 5.41) is 0.862. The first kappa shape index (κ1) is 8.58. The van der Waals surface area contributed by atoms with E-state index in [0.29, 0.717) is 5.92 Å². The van der Waals surface area contributed by atoms with E-state index >= 15 is 0 Å². The minimum atomic E-state index is 0.402. The Morgan fingerprint density at radius 2 is 2.08 bits per heavy atom. The first-order valence-electron chi connectivity index (χ1n) is 4.42. The molecule has 1 unspecified atom stereocenters. The molecular weight excluding hydrogens is 180 g/mol. The number of halogens is 1. The van der Waals surface area contributed by atoms with Crippen LogP contribution in [0.3, 0.4) is 0 Å². The molecule has 0 N–H and O–H groups in total. The Morgan fingerprint density at radius 3 is 2.92 bits per heavy atom. The van der Waals surface area contributed by atoms with Gasteiger partial charge in [0.15, 0.2) is 0 Å². The highest BCUT2D eigenvalue weighted by molar-refractivity contribution is 6.31. The van der Waals surface area contributed by atoms with Crippen molar-refractivity contribution < 1.29 is 0 Å². The van der Waals surface area contributed by atoms with Gasteiger partial charge in [-0.1, -0.05) is 55.0 Å². The van der Waals surface area contributed by atoms with Crippen molar-refractivity contribution in [2.24, 2.45) is 0 Å². The van der Waals surface area contributed by atoms with Crippen LogP contribution in [-0.4, -0.2) is 0 Å². The van der Waals surface area contributed by atoms with E-state index in [1.165, 1.54) is 11.1 Å². The Kier molecular flexibility index (Phi) is 2.24. The Balaban J connectivity index is 2.64. The van der Waals surface area contributed by atoms with Crippen LogP contribution < -0.4 is 0 Å². The zero-order chi connectivity index (χ0) is 9.26. The molecular formula is C12H11Cl. The molecule has 0 spiro atoms. The van der Waals surface area contributed by atoms with Crippen molar-refractivity contribution >= 4 is 17.7 Å². The van der Waals surface area contributed by atoms with E-state index < -0.39 is 0 Å². The topological polar surface area (TPSA) is 0 Å². The maximum Gasteiger partial charge on any atom is 0.0449 e. The fourth-order valence-electron chi connectivity index (χ4n) is 1.67. The molecule has 0 heterocycles. The highest BCUT2D eigenvalue weighted by Gasteiger charge is 2.11. The molecule has 0 saturated heterocycles. The molecule has 13 heavy (non-hydrogen) atoms. The van der Waals surface area contributed by atoms with Gasteiger partial charge in [0.05, 0.1) is 0 Å². The largest absolute Gasteiger partial charge is 0.0840 e. The molecule has 1 aromatic rings. The van der Waals surface area contributed by atoms with Crippen LogP contribution in [0.5, 0.6) is 0 Å². The highest BCUT2D eigenvalue weighted by Crippen LogP contribution is 2.31. The minimum Gasteiger partial charge on any atom is -0.0840 e. The van der Waals surface area contributed by atoms with Gasteiger partial charge in [-0.05, 0) is 17.2 Å². The van der Waals surface area contributed by atoms with Crippen molar-refractivity contribution in [2.45, 2.75) is 12.8 Å². The van der Waals surface area contributed by atoms with E-state index in [2.05, 4.69) is 37.3 Å². The number of hydrogen-bond donors (Lipinski definition) is 0. The number of hydrogen-bond acceptors (Lipinski definition) is 0. The molecule has 1 heteroatoms. The molecule has 0 saturated carbocycles. The molecule has 0 radical (unpaired) electrons. The van der Waals surface area contributed by atoms with Crippen LogP contribution in [0.2, 0.25) is 5.02 Å². The van der Waals surface area contributed by atoms with Gasteiger partial charge in [-0.3, -0.25) is 0 Å². The van der Waals surface area contributed by atoms with E-state index in [1.54, 1.807) is 0 Å². The molecule has 1 aliphatic carbocycles. The third-order valence-corrected chi connectivity index (χ3v) is 2.66. The van der Waals surface area contributed by atoms with E-state index in [9.17, 15) is 0 Å². The lowest BCUT2D eigenvalue weighted by molar-refractivity contribution is 0.967. The first-order chi connectivity index (χ1) is 6.29. The van der Waals surface area contributed by atoms with Gasteiger partial charge >= 0.3 is 0 Å². The van der Waals surface area contributed by atoms with E-state index in [1.807, 2.05) is 12.1 Å². The molecule has 1 atom stereocenters. The van der Waals surface area contributed by atoms with Gasteiger partial charge in [-0.15, -0.1) is 0 Å². The third-order valence-electron chi connectivity index (χ3n) is 2.33. The van der Waals surface area contributed by atoms with Gasteiger partial charge in [0, 0.05) is 10.9 Å². The van der Waals surface area contributed by atoms with Crippen LogP contribution in [-0.2, 0) is 0 Å². The SMILES string of the molecule is CC1C=CC=Cc2cccc(Cl)c21. The van der Waals surface area contributed by atoms with Crippen molar-refractivity contribution in [3.05, 3.63) is 52.6 Å². The van der Waals surface area contributed by atoms with Crippen molar-refractivity contribution in [1.29, 1.82) is 0 Å². The lowest BCUT2D eigenvalue weighted by Gasteiger charge is -2.11. The smallest absolute Gasteiger partial charge is 0.0449 e. The average Bonchev–Trinajstić information content (AvgIpc) is 2.29. The van der Waals surface area contributed by atoms with E-state index in [-0.39, 0.29) is 0 Å². The zero-order valence-electron chi connectivity index (χ0n) is 7.50. The summed E-state index contributed by atoms with van der Waals surface area (Å²) in [4.78, 5) is 0. The monoisotopic (exact) mass is 190 g/mol. The quantitative estimate of drug-likeness (QED) is 0.580. The summed E-state index contributed by atoms with van der Waals surface area (Å²) in [5.41, 5.74) is 2.46. The van der Waals surface area contributed by atoms with Crippen molar-refractivity contribution in [1.82, 2.24) is 0 Å². The second kappa shape index (κ2) is 3.39. The van der Waals surface area contributed by atoms with Gasteiger partial charge in [-0.25, -0.2) is 0 Å². The number of allylic oxidation sites excluding steroid dienone is 3. The molecule has 0 aliphatic heterocycles. The second-order valence-corrected chi connectivity index (χ2v) is 3.68. The Labute approximate surface area is 83.5 Å². The van der Waals surface area contributed by atoms with Crippen LogP contribution >= 0.6 is 11.6 Å². The summed E-state index contributed by atoms with van der Waals surface area (Å²) < 4.78 is 0. The van der Waals surface area contributed by atoms with Crippen LogP contribution in [0, 0.1) is 0 Å². The van der Waals surface area contributed by atoms with Gasteiger partial charge in [-0.2, -0.15) is 0 Å². The molecule has 66 valence electrons. The van der Waals surface area contributed by atoms with E-state index in [4.69, 9.17) is 11.6 Å². The molecule has 2 rings (SSSR count). The Hall–Kier alpha value is -1.01. The van der Waals surface area contributed by atoms with E-state index in [0.717, 1.165) is 5.02 Å². The second-order valence-electron chi connectivity index (χ2n) is 3.28. The summed E-state index contributed by atoms with van der Waals surface area (Å²) in [6, 6.07) is 6.04. The Bertz CT molecular complexity index is 375. The molecule has 0 nitrogen and oxygen atoms in total. The molecule has 0 bridgehead atoms. The predicted molar refractivity (Wildman–Crippen MR) is 58.0 cm³/mol. The lowest BCUT2D eigenvalue weighted by Crippen LogP contribution is -1.93. The normalized spacial score (nSPS) is 19.7. The third kappa shape index (κ3) is 1.54. The van der Waals surface area contributed by atoms with Crippen molar-refractivity contribution in [3.8, 4) is 0 Å². The van der Waals surface area contributed by atoms with Gasteiger partial charge in [0.2, 0.25) is 0 Å². The standard InChI is InChI=1S/C12H11Cl/c1-9-5-2-3-6-10-7-4-8-11(13)12(9)10/h2-9H,1H3. The highest BCUT2D eigenvalue weighted by atomic mass is 35.5. The number of fused-ring (bicyclic) bond motifs is 1. The minimum absolute atomic E-state index is 0.402. The lowest BCUT2D eigenvalue weighted by atomic mass is 9.96. The maximum atomic E-state index is 6.14. The number of benzene rings is 1. The summed E-state index contributed by atoms with van der Waals surface area (Å²) in [6.07, 6.45) is 8.38. The fraction of sp³-hybridized carbons (Fsp3) is 0.167. The van der Waals surface area contributed by atoms with Gasteiger partial charge in [0.25, 0.3) is 0 Å². The summed E-state index contributed by atoms with van der Waals surface area (Å²) in [7, 11) is 0. The van der Waals surface area contributed by atoms with Gasteiger partial charge in [0.1, 0.15) is 0 Å². The van der Waals surface area contributed by atoms with Crippen LogP contribution in [0.25, 0.3) is 6.08 Å². The van der Waals surface area contributed by atoms with Gasteiger partial charge < -0.3 is 0 Å². The predicted octanol–water partition coefficient (Wildman–Crippen LogP) is 4.03. The zero-order valence-corrected chi connectivity index (χ0v) is 8.25. The van der Waals surface area contributed by atoms with Crippen LogP contribution in [0.1, 0.15) is 24.0 Å². The molecule has 0 aromatic heterocycles.